The lowest BCUT2D eigenvalue weighted by Crippen LogP contribution is -2.17. The summed E-state index contributed by atoms with van der Waals surface area (Å²) in [5, 5.41) is 18.8. The van der Waals surface area contributed by atoms with Crippen LogP contribution in [0.4, 0.5) is 0 Å². The minimum Gasteiger partial charge on any atom is -0.362 e. The van der Waals surface area contributed by atoms with E-state index in [2.05, 4.69) is 0 Å². The van der Waals surface area contributed by atoms with E-state index in [1.165, 1.54) is 11.3 Å². The Morgan fingerprint density at radius 1 is 1.64 bits per heavy atom. The third-order valence-corrected chi connectivity index (χ3v) is 2.27. The number of carbonyl (C=O) groups excluding carboxylic acids is 1. The third-order valence-electron chi connectivity index (χ3n) is 1.21. The fourth-order valence-corrected chi connectivity index (χ4v) is 1.54. The van der Waals surface area contributed by atoms with Gasteiger partial charge in [-0.2, -0.15) is 0 Å². The number of aliphatic hydroxyl groups is 2. The lowest BCUT2D eigenvalue weighted by Gasteiger charge is -1.96. The molecule has 11 heavy (non-hydrogen) atoms. The van der Waals surface area contributed by atoms with Gasteiger partial charge in [0.1, 0.15) is 0 Å². The summed E-state index contributed by atoms with van der Waals surface area (Å²) in [6.45, 7) is 1.84. The van der Waals surface area contributed by atoms with E-state index < -0.39 is 12.1 Å². The minimum atomic E-state index is -1.88. The molecule has 0 saturated heterocycles. The summed E-state index contributed by atoms with van der Waals surface area (Å²) in [6, 6.07) is 1.63. The van der Waals surface area contributed by atoms with Gasteiger partial charge < -0.3 is 10.2 Å². The van der Waals surface area contributed by atoms with Crippen LogP contribution in [0.25, 0.3) is 0 Å². The number of aliphatic hydroxyl groups excluding tert-OH is 1. The summed E-state index contributed by atoms with van der Waals surface area (Å²) in [5.41, 5.74) is 0.957. The van der Waals surface area contributed by atoms with Gasteiger partial charge in [-0.1, -0.05) is 0 Å². The van der Waals surface area contributed by atoms with Crippen LogP contribution < -0.4 is 0 Å². The number of ketones is 1. The van der Waals surface area contributed by atoms with Crippen molar-refractivity contribution in [3.05, 3.63) is 21.9 Å². The first kappa shape index (κ1) is 8.39. The molecule has 1 rings (SSSR count). The lowest BCUT2D eigenvalue weighted by atomic mass is 10.3. The quantitative estimate of drug-likeness (QED) is 0.506. The van der Waals surface area contributed by atoms with Gasteiger partial charge in [0.15, 0.2) is 0 Å². The molecule has 0 aromatic carbocycles. The molecular weight excluding hydrogens is 164 g/mol. The Labute approximate surface area is 67.9 Å². The summed E-state index contributed by atoms with van der Waals surface area (Å²) in [4.78, 5) is 11.3. The van der Waals surface area contributed by atoms with E-state index >= 15 is 0 Å². The number of hydrogen-bond donors (Lipinski definition) is 2. The van der Waals surface area contributed by atoms with E-state index in [1.807, 2.05) is 6.92 Å². The van der Waals surface area contributed by atoms with E-state index in [9.17, 15) is 4.79 Å². The normalized spacial score (nSPS) is 10.5. The second-order valence-electron chi connectivity index (χ2n) is 2.23. The number of thiophene rings is 1. The van der Waals surface area contributed by atoms with Crippen molar-refractivity contribution < 1.29 is 15.0 Å². The molecule has 0 atom stereocenters. The average molecular weight is 172 g/mol. The third kappa shape index (κ3) is 1.86. The van der Waals surface area contributed by atoms with Gasteiger partial charge in [0.2, 0.25) is 12.1 Å². The van der Waals surface area contributed by atoms with Crippen LogP contribution in [0.3, 0.4) is 0 Å². The highest BCUT2D eigenvalue weighted by Gasteiger charge is 2.14. The first-order valence-electron chi connectivity index (χ1n) is 3.07. The highest BCUT2D eigenvalue weighted by Crippen LogP contribution is 2.14. The van der Waals surface area contributed by atoms with Crippen molar-refractivity contribution >= 4 is 17.1 Å². The summed E-state index contributed by atoms with van der Waals surface area (Å²) in [6.07, 6.45) is -1.88. The monoisotopic (exact) mass is 172 g/mol. The molecule has 0 aliphatic heterocycles. The molecule has 1 aromatic heterocycles. The molecule has 0 aliphatic rings. The molecule has 0 aliphatic carbocycles. The van der Waals surface area contributed by atoms with Crippen molar-refractivity contribution in [2.45, 2.75) is 13.2 Å². The Bertz CT molecular complexity index is 264. The standard InChI is InChI=1S/C7H8O3S/c1-4-2-5(11-3-4)6(8)7(9)10/h2-3,7,9-10H,1H3. The van der Waals surface area contributed by atoms with Crippen LogP contribution in [0.5, 0.6) is 0 Å². The molecule has 0 saturated carbocycles. The maximum atomic E-state index is 10.9. The molecule has 0 fully saturated rings. The lowest BCUT2D eigenvalue weighted by molar-refractivity contribution is -0.0192. The first-order chi connectivity index (χ1) is 5.11. The van der Waals surface area contributed by atoms with Crippen LogP contribution in [-0.4, -0.2) is 22.3 Å². The predicted octanol–water partition coefficient (Wildman–Crippen LogP) is 0.550. The molecular formula is C7H8O3S. The number of Topliss-reactive ketones (excluding diaryl/α,β-unsaturated/α-hetero) is 1. The van der Waals surface area contributed by atoms with Crippen molar-refractivity contribution in [1.29, 1.82) is 0 Å². The largest absolute Gasteiger partial charge is 0.362 e. The summed E-state index contributed by atoms with van der Waals surface area (Å²) >= 11 is 1.22. The average Bonchev–Trinajstić information content (AvgIpc) is 2.34. The Hall–Kier alpha value is -0.710. The maximum absolute atomic E-state index is 10.9. The van der Waals surface area contributed by atoms with Gasteiger partial charge in [-0.3, -0.25) is 4.79 Å². The smallest absolute Gasteiger partial charge is 0.228 e. The molecule has 1 aromatic rings. The molecule has 3 nitrogen and oxygen atoms in total. The van der Waals surface area contributed by atoms with E-state index in [1.54, 1.807) is 11.4 Å². The molecule has 60 valence electrons. The van der Waals surface area contributed by atoms with Crippen molar-refractivity contribution in [3.63, 3.8) is 0 Å². The van der Waals surface area contributed by atoms with Crippen molar-refractivity contribution in [2.24, 2.45) is 0 Å². The zero-order valence-electron chi connectivity index (χ0n) is 5.94. The molecule has 0 spiro atoms. The highest BCUT2D eigenvalue weighted by atomic mass is 32.1. The highest BCUT2D eigenvalue weighted by molar-refractivity contribution is 7.12. The predicted molar refractivity (Wildman–Crippen MR) is 41.6 cm³/mol. The van der Waals surface area contributed by atoms with Crippen LogP contribution in [-0.2, 0) is 0 Å². The fraction of sp³-hybridized carbons (Fsp3) is 0.286. The van der Waals surface area contributed by atoms with Crippen LogP contribution in [0.1, 0.15) is 15.2 Å². The molecule has 0 unspecified atom stereocenters. The Kier molecular flexibility index (Phi) is 2.38. The summed E-state index contributed by atoms with van der Waals surface area (Å²) in [7, 11) is 0. The zero-order valence-corrected chi connectivity index (χ0v) is 6.76. The van der Waals surface area contributed by atoms with Crippen molar-refractivity contribution in [2.75, 3.05) is 0 Å². The van der Waals surface area contributed by atoms with Crippen molar-refractivity contribution in [3.8, 4) is 0 Å². The molecule has 2 N–H and O–H groups in total. The fourth-order valence-electron chi connectivity index (χ4n) is 0.688. The van der Waals surface area contributed by atoms with Gasteiger partial charge in [0, 0.05) is 0 Å². The van der Waals surface area contributed by atoms with Gasteiger partial charge in [-0.15, -0.1) is 11.3 Å². The van der Waals surface area contributed by atoms with Crippen LogP contribution in [0.15, 0.2) is 11.4 Å². The van der Waals surface area contributed by atoms with E-state index in [4.69, 9.17) is 10.2 Å². The topological polar surface area (TPSA) is 57.5 Å². The molecule has 1 heterocycles. The maximum Gasteiger partial charge on any atom is 0.228 e. The number of rotatable bonds is 2. The van der Waals surface area contributed by atoms with Crippen LogP contribution in [0.2, 0.25) is 0 Å². The van der Waals surface area contributed by atoms with E-state index in [0.717, 1.165) is 5.56 Å². The van der Waals surface area contributed by atoms with Crippen LogP contribution in [0, 0.1) is 6.92 Å². The molecule has 0 amide bonds. The Morgan fingerprint density at radius 3 is 2.64 bits per heavy atom. The van der Waals surface area contributed by atoms with E-state index in [-0.39, 0.29) is 0 Å². The number of hydrogen-bond acceptors (Lipinski definition) is 4. The zero-order chi connectivity index (χ0) is 8.43. The summed E-state index contributed by atoms with van der Waals surface area (Å²) in [5.74, 6) is -0.636. The molecule has 0 bridgehead atoms. The first-order valence-corrected chi connectivity index (χ1v) is 3.94. The molecule has 4 heteroatoms. The van der Waals surface area contributed by atoms with Crippen molar-refractivity contribution in [1.82, 2.24) is 0 Å². The number of aryl methyl sites for hydroxylation is 1. The minimum absolute atomic E-state index is 0.387. The van der Waals surface area contributed by atoms with Gasteiger partial charge in [0.25, 0.3) is 0 Å². The van der Waals surface area contributed by atoms with Crippen LogP contribution >= 0.6 is 11.3 Å². The second-order valence-corrected chi connectivity index (χ2v) is 3.14. The SMILES string of the molecule is Cc1csc(C(=O)C(O)O)c1. The van der Waals surface area contributed by atoms with Gasteiger partial charge >= 0.3 is 0 Å². The van der Waals surface area contributed by atoms with Gasteiger partial charge in [-0.05, 0) is 23.9 Å². The van der Waals surface area contributed by atoms with Gasteiger partial charge in [-0.25, -0.2) is 0 Å². The van der Waals surface area contributed by atoms with E-state index in [0.29, 0.717) is 4.88 Å². The summed E-state index contributed by atoms with van der Waals surface area (Å²) < 4.78 is 0. The second kappa shape index (κ2) is 3.13. The van der Waals surface area contributed by atoms with Gasteiger partial charge in [0.05, 0.1) is 4.88 Å². The molecule has 0 radical (unpaired) electrons. The Morgan fingerprint density at radius 2 is 2.27 bits per heavy atom. The number of carbonyl (C=O) groups is 1. The Balaban J connectivity index is 2.85.